The van der Waals surface area contributed by atoms with Gasteiger partial charge in [0.25, 0.3) is 0 Å². The number of nitrogens with zero attached hydrogens (tertiary/aromatic N) is 3. The fourth-order valence-corrected chi connectivity index (χ4v) is 4.34. The molecular formula is C36H29IrN3-2. The van der Waals surface area contributed by atoms with Crippen molar-refractivity contribution < 1.29 is 20.1 Å². The van der Waals surface area contributed by atoms with E-state index in [2.05, 4.69) is 75.6 Å². The second-order valence-corrected chi connectivity index (χ2v) is 9.35. The summed E-state index contributed by atoms with van der Waals surface area (Å²) in [5.41, 5.74) is 10.6. The first-order valence-corrected chi connectivity index (χ1v) is 13.0. The quantitative estimate of drug-likeness (QED) is 0.173. The molecule has 0 aliphatic carbocycles. The van der Waals surface area contributed by atoms with Crippen molar-refractivity contribution in [2.24, 2.45) is 0 Å². The number of hydrogen-bond donors (Lipinski definition) is 0. The molecule has 0 bridgehead atoms. The molecule has 0 atom stereocenters. The summed E-state index contributed by atoms with van der Waals surface area (Å²) in [7, 11) is 0. The number of aryl methyl sites for hydroxylation is 3. The topological polar surface area (TPSA) is 38.7 Å². The van der Waals surface area contributed by atoms with Crippen LogP contribution in [0.4, 0.5) is 0 Å². The molecule has 0 aliphatic heterocycles. The normalized spacial score (nSPS) is 10.2. The van der Waals surface area contributed by atoms with Gasteiger partial charge in [0.15, 0.2) is 0 Å². The minimum atomic E-state index is 0. The monoisotopic (exact) mass is 696 g/mol. The number of aromatic nitrogens is 3. The minimum Gasteiger partial charge on any atom is -0.302 e. The molecule has 2 aromatic heterocycles. The van der Waals surface area contributed by atoms with Crippen LogP contribution in [0.5, 0.6) is 0 Å². The van der Waals surface area contributed by atoms with Crippen LogP contribution in [0.3, 0.4) is 0 Å². The van der Waals surface area contributed by atoms with Crippen LogP contribution < -0.4 is 0 Å². The standard InChI is InChI=1S/C18H15N2.C18H14N.Ir/c1-13-11-14(2)20-18(19-13)17-10-6-9-16(12-17)15-7-4-3-5-8-15;1-14-6-5-9-18(19-14)17-12-10-16(11-13-17)15-7-3-2-4-8-15;/h3-9,11-12H,1-2H3;2-12H,1H3;/q2*-1;. The molecule has 0 aliphatic rings. The van der Waals surface area contributed by atoms with Gasteiger partial charge in [0, 0.05) is 37.2 Å². The van der Waals surface area contributed by atoms with Gasteiger partial charge in [0.05, 0.1) is 5.82 Å². The van der Waals surface area contributed by atoms with Gasteiger partial charge in [-0.3, -0.25) is 9.97 Å². The summed E-state index contributed by atoms with van der Waals surface area (Å²) in [6.07, 6.45) is 0. The van der Waals surface area contributed by atoms with E-state index in [1.807, 2.05) is 93.6 Å². The Morgan fingerprint density at radius 2 is 1.12 bits per heavy atom. The van der Waals surface area contributed by atoms with Crippen molar-refractivity contribution >= 4 is 0 Å². The summed E-state index contributed by atoms with van der Waals surface area (Å²) in [5.74, 6) is 0.736. The average Bonchev–Trinajstić information content (AvgIpc) is 2.98. The van der Waals surface area contributed by atoms with E-state index in [4.69, 9.17) is 0 Å². The molecule has 0 amide bonds. The van der Waals surface area contributed by atoms with E-state index in [-0.39, 0.29) is 20.1 Å². The number of pyridine rings is 1. The van der Waals surface area contributed by atoms with E-state index in [1.54, 1.807) is 0 Å². The van der Waals surface area contributed by atoms with E-state index in [9.17, 15) is 0 Å². The molecule has 0 spiro atoms. The first-order chi connectivity index (χ1) is 19.0. The van der Waals surface area contributed by atoms with Gasteiger partial charge in [0.1, 0.15) is 0 Å². The van der Waals surface area contributed by atoms with Crippen molar-refractivity contribution in [3.63, 3.8) is 0 Å². The Morgan fingerprint density at radius 3 is 1.73 bits per heavy atom. The first kappa shape index (κ1) is 28.8. The van der Waals surface area contributed by atoms with E-state index < -0.39 is 0 Å². The van der Waals surface area contributed by atoms with Crippen LogP contribution in [0.2, 0.25) is 0 Å². The van der Waals surface area contributed by atoms with Crippen LogP contribution in [0, 0.1) is 32.9 Å². The maximum atomic E-state index is 4.51. The maximum Gasteiger partial charge on any atom is 0.0754 e. The van der Waals surface area contributed by atoms with Crippen molar-refractivity contribution in [3.8, 4) is 44.9 Å². The van der Waals surface area contributed by atoms with E-state index in [0.29, 0.717) is 0 Å². The smallest absolute Gasteiger partial charge is 0.0754 e. The van der Waals surface area contributed by atoms with Gasteiger partial charge in [-0.1, -0.05) is 83.9 Å². The molecule has 0 saturated heterocycles. The SMILES string of the molecule is Cc1cc(C)nc(-c2[c-]ccc(-c3ccccc3)c2)n1.Cc1cccc(-c2[c-]cc(-c3ccccc3)cc2)n1.[Ir]. The summed E-state index contributed by atoms with van der Waals surface area (Å²) in [6.45, 7) is 5.97. The fourth-order valence-electron chi connectivity index (χ4n) is 4.34. The predicted octanol–water partition coefficient (Wildman–Crippen LogP) is 8.75. The van der Waals surface area contributed by atoms with Crippen molar-refractivity contribution in [1.29, 1.82) is 0 Å². The molecule has 0 saturated carbocycles. The zero-order valence-electron chi connectivity index (χ0n) is 22.7. The summed E-state index contributed by atoms with van der Waals surface area (Å²) in [6, 6.07) is 47.5. The van der Waals surface area contributed by atoms with E-state index in [0.717, 1.165) is 45.3 Å². The third kappa shape index (κ3) is 7.44. The zero-order valence-corrected chi connectivity index (χ0v) is 25.1. The molecule has 6 rings (SSSR count). The van der Waals surface area contributed by atoms with Gasteiger partial charge < -0.3 is 4.98 Å². The van der Waals surface area contributed by atoms with Crippen LogP contribution in [0.25, 0.3) is 44.9 Å². The van der Waals surface area contributed by atoms with Gasteiger partial charge in [-0.15, -0.1) is 65.2 Å². The Morgan fingerprint density at radius 1 is 0.475 bits per heavy atom. The van der Waals surface area contributed by atoms with Crippen LogP contribution in [0.15, 0.2) is 121 Å². The predicted molar refractivity (Wildman–Crippen MR) is 160 cm³/mol. The summed E-state index contributed by atoms with van der Waals surface area (Å²) in [5, 5.41) is 0. The molecule has 4 aromatic carbocycles. The molecule has 6 aromatic rings. The summed E-state index contributed by atoms with van der Waals surface area (Å²) < 4.78 is 0. The van der Waals surface area contributed by atoms with Gasteiger partial charge in [-0.2, -0.15) is 0 Å². The minimum absolute atomic E-state index is 0. The van der Waals surface area contributed by atoms with E-state index in [1.165, 1.54) is 16.7 Å². The number of rotatable bonds is 4. The molecule has 3 nitrogen and oxygen atoms in total. The van der Waals surface area contributed by atoms with Crippen LogP contribution in [0.1, 0.15) is 17.1 Å². The van der Waals surface area contributed by atoms with Crippen molar-refractivity contribution in [2.45, 2.75) is 20.8 Å². The van der Waals surface area contributed by atoms with Gasteiger partial charge in [0.2, 0.25) is 0 Å². The summed E-state index contributed by atoms with van der Waals surface area (Å²) >= 11 is 0. The Balaban J connectivity index is 0.000000181. The van der Waals surface area contributed by atoms with Crippen molar-refractivity contribution in [1.82, 2.24) is 15.0 Å². The third-order valence-electron chi connectivity index (χ3n) is 6.22. The van der Waals surface area contributed by atoms with Crippen molar-refractivity contribution in [2.75, 3.05) is 0 Å². The first-order valence-electron chi connectivity index (χ1n) is 13.0. The average molecular weight is 696 g/mol. The number of hydrogen-bond acceptors (Lipinski definition) is 3. The molecule has 0 fully saturated rings. The van der Waals surface area contributed by atoms with Crippen LogP contribution in [-0.2, 0) is 20.1 Å². The Hall–Kier alpha value is -4.24. The molecule has 199 valence electrons. The fraction of sp³-hybridized carbons (Fsp3) is 0.0833. The summed E-state index contributed by atoms with van der Waals surface area (Å²) in [4.78, 5) is 13.5. The second-order valence-electron chi connectivity index (χ2n) is 9.35. The largest absolute Gasteiger partial charge is 0.302 e. The molecule has 0 N–H and O–H groups in total. The van der Waals surface area contributed by atoms with Gasteiger partial charge in [-0.05, 0) is 44.2 Å². The maximum absolute atomic E-state index is 4.51. The molecular weight excluding hydrogens is 667 g/mol. The molecule has 2 heterocycles. The van der Waals surface area contributed by atoms with Crippen LogP contribution >= 0.6 is 0 Å². The third-order valence-corrected chi connectivity index (χ3v) is 6.22. The second kappa shape index (κ2) is 13.7. The molecule has 40 heavy (non-hydrogen) atoms. The molecule has 1 radical (unpaired) electrons. The Labute approximate surface area is 250 Å². The Bertz CT molecular complexity index is 1640. The molecule has 0 unspecified atom stereocenters. The van der Waals surface area contributed by atoms with Gasteiger partial charge >= 0.3 is 0 Å². The Kier molecular flexibility index (Phi) is 9.86. The van der Waals surface area contributed by atoms with Crippen LogP contribution in [-0.4, -0.2) is 15.0 Å². The van der Waals surface area contributed by atoms with E-state index >= 15 is 0 Å². The number of benzene rings is 4. The van der Waals surface area contributed by atoms with Crippen molar-refractivity contribution in [3.05, 3.63) is 151 Å². The van der Waals surface area contributed by atoms with Gasteiger partial charge in [-0.25, -0.2) is 0 Å². The zero-order chi connectivity index (χ0) is 27.0. The molecule has 4 heteroatoms.